The Kier molecular flexibility index (Phi) is 6.90. The molecule has 2 aromatic rings. The van der Waals surface area contributed by atoms with Crippen molar-refractivity contribution in [2.24, 2.45) is 0 Å². The summed E-state index contributed by atoms with van der Waals surface area (Å²) in [4.78, 5) is 29.6. The van der Waals surface area contributed by atoms with Gasteiger partial charge in [-0.2, -0.15) is 8.78 Å². The van der Waals surface area contributed by atoms with Gasteiger partial charge >= 0.3 is 5.97 Å². The molecule has 0 spiro atoms. The number of rotatable bonds is 7. The Morgan fingerprint density at radius 2 is 1.92 bits per heavy atom. The average Bonchev–Trinajstić information content (AvgIpc) is 2.60. The molecule has 1 N–H and O–H groups in total. The Bertz CT molecular complexity index is 770. The number of hydrogen-bond acceptors (Lipinski definition) is 6. The molecule has 1 aromatic heterocycles. The molecule has 138 valence electrons. The molecule has 1 heterocycles. The number of benzene rings is 1. The lowest BCUT2D eigenvalue weighted by atomic mass is 10.2. The van der Waals surface area contributed by atoms with Crippen LogP contribution >= 0.6 is 11.8 Å². The fraction of sp³-hybridized carbons (Fsp3) is 0.235. The molecule has 26 heavy (non-hydrogen) atoms. The number of nitrogens with zero attached hydrogens (tertiary/aromatic N) is 2. The number of thioether (sulfide) groups is 1. The van der Waals surface area contributed by atoms with Crippen LogP contribution in [0, 0.1) is 0 Å². The summed E-state index contributed by atoms with van der Waals surface area (Å²) >= 11 is 0.144. The fourth-order valence-electron chi connectivity index (χ4n) is 1.97. The molecule has 0 bridgehead atoms. The first-order valence-electron chi connectivity index (χ1n) is 7.51. The second kappa shape index (κ2) is 9.14. The third kappa shape index (κ3) is 5.69. The van der Waals surface area contributed by atoms with E-state index in [1.165, 1.54) is 18.3 Å². The van der Waals surface area contributed by atoms with Gasteiger partial charge in [-0.3, -0.25) is 4.79 Å². The molecule has 0 aliphatic rings. The van der Waals surface area contributed by atoms with Gasteiger partial charge in [0.05, 0.1) is 5.56 Å². The minimum atomic E-state index is -2.72. The zero-order valence-corrected chi connectivity index (χ0v) is 14.9. The fourth-order valence-corrected chi connectivity index (χ4v) is 2.54. The molecule has 1 amide bonds. The van der Waals surface area contributed by atoms with E-state index in [0.29, 0.717) is 5.69 Å². The van der Waals surface area contributed by atoms with Crippen LogP contribution in [0.3, 0.4) is 0 Å². The average molecular weight is 381 g/mol. The predicted octanol–water partition coefficient (Wildman–Crippen LogP) is 3.26. The minimum absolute atomic E-state index is 0.110. The minimum Gasteiger partial charge on any atom is -0.452 e. The molecule has 0 saturated carbocycles. The van der Waals surface area contributed by atoms with E-state index in [1.807, 2.05) is 31.1 Å². The summed E-state index contributed by atoms with van der Waals surface area (Å²) in [6.07, 6.45) is 1.30. The summed E-state index contributed by atoms with van der Waals surface area (Å²) in [6, 6.07) is 9.83. The number of ether oxygens (including phenoxy) is 1. The Morgan fingerprint density at radius 3 is 2.54 bits per heavy atom. The quantitative estimate of drug-likeness (QED) is 0.586. The summed E-state index contributed by atoms with van der Waals surface area (Å²) < 4.78 is 29.9. The van der Waals surface area contributed by atoms with Gasteiger partial charge in [-0.1, -0.05) is 0 Å². The summed E-state index contributed by atoms with van der Waals surface area (Å²) in [5, 5.41) is 2.44. The molecule has 0 aliphatic carbocycles. The summed E-state index contributed by atoms with van der Waals surface area (Å²) in [6.45, 7) is -0.540. The van der Waals surface area contributed by atoms with Crippen LogP contribution in [-0.2, 0) is 9.53 Å². The van der Waals surface area contributed by atoms with E-state index in [9.17, 15) is 18.4 Å². The summed E-state index contributed by atoms with van der Waals surface area (Å²) in [7, 11) is 3.79. The molecule has 0 aliphatic heterocycles. The van der Waals surface area contributed by atoms with Crippen molar-refractivity contribution < 1.29 is 23.1 Å². The number of hydrogen-bond donors (Lipinski definition) is 1. The van der Waals surface area contributed by atoms with Gasteiger partial charge < -0.3 is 15.0 Å². The van der Waals surface area contributed by atoms with Gasteiger partial charge in [-0.25, -0.2) is 9.78 Å². The number of amides is 1. The van der Waals surface area contributed by atoms with Gasteiger partial charge in [0.1, 0.15) is 5.03 Å². The highest BCUT2D eigenvalue weighted by atomic mass is 32.2. The maximum atomic E-state index is 12.5. The maximum Gasteiger partial charge on any atom is 0.341 e. The van der Waals surface area contributed by atoms with Gasteiger partial charge in [0.15, 0.2) is 6.61 Å². The zero-order valence-electron chi connectivity index (χ0n) is 14.1. The largest absolute Gasteiger partial charge is 0.452 e. The van der Waals surface area contributed by atoms with Crippen molar-refractivity contribution in [2.45, 2.75) is 10.8 Å². The van der Waals surface area contributed by atoms with E-state index in [-0.39, 0.29) is 22.4 Å². The number of halogens is 2. The second-order valence-electron chi connectivity index (χ2n) is 5.30. The third-order valence-corrected chi connectivity index (χ3v) is 3.92. The molecule has 9 heteroatoms. The first-order chi connectivity index (χ1) is 12.4. The van der Waals surface area contributed by atoms with E-state index in [1.54, 1.807) is 12.1 Å². The molecule has 6 nitrogen and oxygen atoms in total. The third-order valence-electron chi connectivity index (χ3n) is 3.19. The molecule has 0 unspecified atom stereocenters. The molecule has 1 aromatic carbocycles. The number of carbonyl (C=O) groups is 2. The van der Waals surface area contributed by atoms with Gasteiger partial charge in [0, 0.05) is 31.7 Å². The van der Waals surface area contributed by atoms with Crippen LogP contribution in [0.5, 0.6) is 0 Å². The molecule has 0 atom stereocenters. The van der Waals surface area contributed by atoms with Crippen molar-refractivity contribution >= 4 is 35.0 Å². The van der Waals surface area contributed by atoms with Crippen LogP contribution in [0.4, 0.5) is 20.2 Å². The molecule has 0 radical (unpaired) electrons. The van der Waals surface area contributed by atoms with E-state index in [2.05, 4.69) is 10.3 Å². The molecule has 2 rings (SSSR count). The van der Waals surface area contributed by atoms with Gasteiger partial charge in [-0.15, -0.1) is 0 Å². The van der Waals surface area contributed by atoms with Crippen molar-refractivity contribution in [3.63, 3.8) is 0 Å². The number of nitrogens with one attached hydrogen (secondary N) is 1. The molecular weight excluding hydrogens is 364 g/mol. The van der Waals surface area contributed by atoms with E-state index < -0.39 is 24.2 Å². The molecule has 0 saturated heterocycles. The Morgan fingerprint density at radius 1 is 1.23 bits per heavy atom. The van der Waals surface area contributed by atoms with Crippen LogP contribution in [0.2, 0.25) is 0 Å². The van der Waals surface area contributed by atoms with E-state index >= 15 is 0 Å². The Labute approximate surface area is 153 Å². The standard InChI is InChI=1S/C17H17F2N3O3S/c1-22(2)12-7-5-11(6-8-12)21-14(23)10-25-16(24)13-4-3-9-20-15(13)26-17(18)19/h3-9,17H,10H2,1-2H3,(H,21,23). The number of pyridine rings is 1. The number of carbonyl (C=O) groups excluding carboxylic acids is 2. The van der Waals surface area contributed by atoms with Crippen molar-refractivity contribution in [1.82, 2.24) is 4.98 Å². The first-order valence-corrected chi connectivity index (χ1v) is 8.39. The van der Waals surface area contributed by atoms with Crippen molar-refractivity contribution in [1.29, 1.82) is 0 Å². The van der Waals surface area contributed by atoms with E-state index in [4.69, 9.17) is 4.74 Å². The second-order valence-corrected chi connectivity index (χ2v) is 6.28. The molecule has 0 fully saturated rings. The lowest BCUT2D eigenvalue weighted by Crippen LogP contribution is -2.21. The van der Waals surface area contributed by atoms with E-state index in [0.717, 1.165) is 5.69 Å². The number of alkyl halides is 2. The topological polar surface area (TPSA) is 71.5 Å². The lowest BCUT2D eigenvalue weighted by molar-refractivity contribution is -0.119. The van der Waals surface area contributed by atoms with Crippen molar-refractivity contribution in [3.8, 4) is 0 Å². The lowest BCUT2D eigenvalue weighted by Gasteiger charge is -2.13. The zero-order chi connectivity index (χ0) is 19.1. The first kappa shape index (κ1) is 19.6. The van der Waals surface area contributed by atoms with Crippen LogP contribution in [-0.4, -0.2) is 43.3 Å². The molecular formula is C17H17F2N3O3S. The maximum absolute atomic E-state index is 12.5. The van der Waals surface area contributed by atoms with Crippen molar-refractivity contribution in [2.75, 3.05) is 30.9 Å². The van der Waals surface area contributed by atoms with Gasteiger partial charge in [0.2, 0.25) is 0 Å². The SMILES string of the molecule is CN(C)c1ccc(NC(=O)COC(=O)c2cccnc2SC(F)F)cc1. The van der Waals surface area contributed by atoms with Crippen LogP contribution < -0.4 is 10.2 Å². The number of anilines is 2. The Hall–Kier alpha value is -2.68. The van der Waals surface area contributed by atoms with Crippen LogP contribution in [0.1, 0.15) is 10.4 Å². The number of aromatic nitrogens is 1. The van der Waals surface area contributed by atoms with Crippen LogP contribution in [0.25, 0.3) is 0 Å². The highest BCUT2D eigenvalue weighted by Crippen LogP contribution is 2.26. The number of esters is 1. The highest BCUT2D eigenvalue weighted by molar-refractivity contribution is 7.99. The summed E-state index contributed by atoms with van der Waals surface area (Å²) in [5.74, 6) is -4.15. The predicted molar refractivity (Wildman–Crippen MR) is 95.8 cm³/mol. The van der Waals surface area contributed by atoms with Crippen molar-refractivity contribution in [3.05, 3.63) is 48.2 Å². The van der Waals surface area contributed by atoms with Gasteiger partial charge in [-0.05, 0) is 48.2 Å². The smallest absolute Gasteiger partial charge is 0.341 e. The summed E-state index contributed by atoms with van der Waals surface area (Å²) in [5.41, 5.74) is 1.41. The highest BCUT2D eigenvalue weighted by Gasteiger charge is 2.18. The Balaban J connectivity index is 1.92. The monoisotopic (exact) mass is 381 g/mol. The normalized spacial score (nSPS) is 10.5. The van der Waals surface area contributed by atoms with Gasteiger partial charge in [0.25, 0.3) is 11.7 Å². The van der Waals surface area contributed by atoms with Crippen LogP contribution in [0.15, 0.2) is 47.6 Å².